The number of fused-ring (bicyclic) bond motifs is 2. The number of nitrogens with zero attached hydrogens (tertiary/aromatic N) is 3. The first-order valence-electron chi connectivity index (χ1n) is 7.98. The van der Waals surface area contributed by atoms with E-state index in [-0.39, 0.29) is 28.6 Å². The van der Waals surface area contributed by atoms with Gasteiger partial charge in [0.2, 0.25) is 11.6 Å². The fourth-order valence-electron chi connectivity index (χ4n) is 3.08. The molecule has 0 amide bonds. The third kappa shape index (κ3) is 2.26. The van der Waals surface area contributed by atoms with Crippen molar-refractivity contribution in [3.63, 3.8) is 0 Å². The van der Waals surface area contributed by atoms with Gasteiger partial charge in [0.25, 0.3) is 0 Å². The van der Waals surface area contributed by atoms with Crippen LogP contribution in [0.1, 0.15) is 45.0 Å². The molecule has 4 rings (SSSR count). The number of ether oxygens (including phenoxy) is 1. The molecule has 0 bridgehead atoms. The second-order valence-corrected chi connectivity index (χ2v) is 5.68. The molecule has 0 aliphatic heterocycles. The van der Waals surface area contributed by atoms with Crippen molar-refractivity contribution in [2.45, 2.75) is 13.8 Å². The summed E-state index contributed by atoms with van der Waals surface area (Å²) in [4.78, 5) is 34.1. The van der Waals surface area contributed by atoms with Crippen LogP contribution in [0.3, 0.4) is 0 Å². The number of ketones is 2. The van der Waals surface area contributed by atoms with Crippen LogP contribution in [-0.4, -0.2) is 32.7 Å². The van der Waals surface area contributed by atoms with Crippen molar-refractivity contribution >= 4 is 11.6 Å². The number of hydrogen-bond donors (Lipinski definition) is 0. The maximum absolute atomic E-state index is 12.9. The van der Waals surface area contributed by atoms with Gasteiger partial charge in [-0.1, -0.05) is 0 Å². The highest BCUT2D eigenvalue weighted by Crippen LogP contribution is 2.29. The average Bonchev–Trinajstić information content (AvgIpc) is 2.98. The van der Waals surface area contributed by atoms with Crippen LogP contribution in [0.25, 0.3) is 5.69 Å². The van der Waals surface area contributed by atoms with Gasteiger partial charge in [-0.3, -0.25) is 19.1 Å². The van der Waals surface area contributed by atoms with E-state index in [1.165, 1.54) is 6.20 Å². The Morgan fingerprint density at radius 1 is 1.04 bits per heavy atom. The zero-order chi connectivity index (χ0) is 17.6. The van der Waals surface area contributed by atoms with Gasteiger partial charge in [0.15, 0.2) is 0 Å². The Kier molecular flexibility index (Phi) is 3.46. The van der Waals surface area contributed by atoms with Gasteiger partial charge in [-0.05, 0) is 50.2 Å². The van der Waals surface area contributed by atoms with Crippen LogP contribution in [0.4, 0.5) is 0 Å². The number of benzene rings is 1. The molecule has 2 aromatic heterocycles. The molecule has 0 fully saturated rings. The second-order valence-electron chi connectivity index (χ2n) is 5.68. The van der Waals surface area contributed by atoms with Gasteiger partial charge in [-0.2, -0.15) is 0 Å². The molecule has 1 aliphatic rings. The first-order chi connectivity index (χ1) is 12.1. The van der Waals surface area contributed by atoms with E-state index in [1.54, 1.807) is 23.6 Å². The summed E-state index contributed by atoms with van der Waals surface area (Å²) in [5.74, 6) is 0.751. The SMILES string of the molecule is CCOc1ccc(-n2c(C)nc3c2C(=O)c2ncccc2C3=O)cc1. The lowest BCUT2D eigenvalue weighted by molar-refractivity contribution is 0.0969. The van der Waals surface area contributed by atoms with E-state index in [1.807, 2.05) is 31.2 Å². The molecule has 0 unspecified atom stereocenters. The first-order valence-corrected chi connectivity index (χ1v) is 7.98. The molecule has 0 N–H and O–H groups in total. The van der Waals surface area contributed by atoms with Crippen molar-refractivity contribution in [3.8, 4) is 11.4 Å². The van der Waals surface area contributed by atoms with E-state index in [0.717, 1.165) is 11.4 Å². The molecule has 0 saturated carbocycles. The molecular weight excluding hydrogens is 318 g/mol. The van der Waals surface area contributed by atoms with E-state index in [9.17, 15) is 9.59 Å². The maximum atomic E-state index is 12.9. The summed E-state index contributed by atoms with van der Waals surface area (Å²) < 4.78 is 7.15. The van der Waals surface area contributed by atoms with E-state index in [4.69, 9.17) is 4.74 Å². The third-order valence-corrected chi connectivity index (χ3v) is 4.15. The Morgan fingerprint density at radius 2 is 1.80 bits per heavy atom. The van der Waals surface area contributed by atoms with Crippen molar-refractivity contribution in [2.75, 3.05) is 6.61 Å². The zero-order valence-electron chi connectivity index (χ0n) is 13.8. The average molecular weight is 333 g/mol. The molecule has 2 heterocycles. The Hall–Kier alpha value is -3.28. The summed E-state index contributed by atoms with van der Waals surface area (Å²) >= 11 is 0. The standard InChI is InChI=1S/C19H15N3O3/c1-3-25-13-8-6-12(7-9-13)22-11(2)21-16-17(22)19(24)15-14(18(16)23)5-4-10-20-15/h4-10H,3H2,1-2H3. The molecule has 6 nitrogen and oxygen atoms in total. The van der Waals surface area contributed by atoms with Crippen LogP contribution in [0.2, 0.25) is 0 Å². The fourth-order valence-corrected chi connectivity index (χ4v) is 3.08. The predicted molar refractivity (Wildman–Crippen MR) is 90.6 cm³/mol. The molecule has 0 spiro atoms. The summed E-state index contributed by atoms with van der Waals surface area (Å²) in [7, 11) is 0. The Labute approximate surface area is 144 Å². The fraction of sp³-hybridized carbons (Fsp3) is 0.158. The van der Waals surface area contributed by atoms with Crippen molar-refractivity contribution in [3.05, 3.63) is 71.1 Å². The number of pyridine rings is 1. The minimum atomic E-state index is -0.292. The number of hydrogen-bond acceptors (Lipinski definition) is 5. The first kappa shape index (κ1) is 15.3. The van der Waals surface area contributed by atoms with Crippen molar-refractivity contribution < 1.29 is 14.3 Å². The monoisotopic (exact) mass is 333 g/mol. The molecule has 25 heavy (non-hydrogen) atoms. The van der Waals surface area contributed by atoms with Crippen LogP contribution >= 0.6 is 0 Å². The van der Waals surface area contributed by atoms with Crippen LogP contribution in [0.5, 0.6) is 5.75 Å². The van der Waals surface area contributed by atoms with Gasteiger partial charge < -0.3 is 4.74 Å². The van der Waals surface area contributed by atoms with Crippen LogP contribution in [0.15, 0.2) is 42.6 Å². The summed E-state index contributed by atoms with van der Waals surface area (Å²) in [6.07, 6.45) is 1.51. The topological polar surface area (TPSA) is 74.1 Å². The zero-order valence-corrected chi connectivity index (χ0v) is 13.8. The van der Waals surface area contributed by atoms with E-state index >= 15 is 0 Å². The molecule has 0 atom stereocenters. The molecular formula is C19H15N3O3. The van der Waals surface area contributed by atoms with Crippen LogP contribution in [-0.2, 0) is 0 Å². The lowest BCUT2D eigenvalue weighted by atomic mass is 9.94. The Bertz CT molecular complexity index is 1000. The molecule has 6 heteroatoms. The van der Waals surface area contributed by atoms with Gasteiger partial charge in [0.05, 0.1) is 12.2 Å². The lowest BCUT2D eigenvalue weighted by Gasteiger charge is -2.15. The van der Waals surface area contributed by atoms with Gasteiger partial charge in [0.1, 0.15) is 28.7 Å². The largest absolute Gasteiger partial charge is 0.494 e. The molecule has 124 valence electrons. The predicted octanol–water partition coefficient (Wildman–Crippen LogP) is 2.75. The minimum absolute atomic E-state index is 0.173. The number of rotatable bonds is 3. The molecule has 0 saturated heterocycles. The van der Waals surface area contributed by atoms with Gasteiger partial charge in [0, 0.05) is 11.9 Å². The number of aryl methyl sites for hydroxylation is 1. The van der Waals surface area contributed by atoms with Gasteiger partial charge in [-0.25, -0.2) is 4.98 Å². The smallest absolute Gasteiger partial charge is 0.231 e. The van der Waals surface area contributed by atoms with E-state index in [2.05, 4.69) is 9.97 Å². The summed E-state index contributed by atoms with van der Waals surface area (Å²) in [6, 6.07) is 10.6. The van der Waals surface area contributed by atoms with Crippen molar-refractivity contribution in [1.82, 2.24) is 14.5 Å². The highest BCUT2D eigenvalue weighted by molar-refractivity contribution is 6.26. The Balaban J connectivity index is 1.88. The van der Waals surface area contributed by atoms with Crippen LogP contribution < -0.4 is 4.74 Å². The number of carbonyl (C=O) groups is 2. The highest BCUT2D eigenvalue weighted by atomic mass is 16.5. The quantitative estimate of drug-likeness (QED) is 0.576. The van der Waals surface area contributed by atoms with Gasteiger partial charge in [-0.15, -0.1) is 0 Å². The molecule has 1 aromatic carbocycles. The normalized spacial score (nSPS) is 12.7. The number of imidazole rings is 1. The van der Waals surface area contributed by atoms with E-state index in [0.29, 0.717) is 18.0 Å². The number of carbonyl (C=O) groups excluding carboxylic acids is 2. The lowest BCUT2D eigenvalue weighted by Crippen LogP contribution is -2.24. The number of aromatic nitrogens is 3. The van der Waals surface area contributed by atoms with Crippen LogP contribution in [0, 0.1) is 6.92 Å². The third-order valence-electron chi connectivity index (χ3n) is 4.15. The van der Waals surface area contributed by atoms with Gasteiger partial charge >= 0.3 is 0 Å². The highest BCUT2D eigenvalue weighted by Gasteiger charge is 2.36. The second kappa shape index (κ2) is 5.66. The summed E-state index contributed by atoms with van der Waals surface area (Å²) in [5.41, 5.74) is 1.66. The van der Waals surface area contributed by atoms with Crippen molar-refractivity contribution in [2.24, 2.45) is 0 Å². The summed E-state index contributed by atoms with van der Waals surface area (Å²) in [5, 5.41) is 0. The molecule has 1 aliphatic carbocycles. The molecule has 0 radical (unpaired) electrons. The minimum Gasteiger partial charge on any atom is -0.494 e. The summed E-state index contributed by atoms with van der Waals surface area (Å²) in [6.45, 7) is 4.26. The maximum Gasteiger partial charge on any atom is 0.231 e. The van der Waals surface area contributed by atoms with Crippen molar-refractivity contribution in [1.29, 1.82) is 0 Å². The molecule has 3 aromatic rings. The van der Waals surface area contributed by atoms with E-state index < -0.39 is 0 Å². The Morgan fingerprint density at radius 3 is 2.52 bits per heavy atom.